The van der Waals surface area contributed by atoms with Crippen molar-refractivity contribution in [1.29, 1.82) is 0 Å². The van der Waals surface area contributed by atoms with E-state index >= 15 is 0 Å². The van der Waals surface area contributed by atoms with E-state index in [4.69, 9.17) is 9.51 Å². The maximum absolute atomic E-state index is 12.8. The Balaban J connectivity index is 1.72. The first kappa shape index (κ1) is 19.1. The Labute approximate surface area is 169 Å². The van der Waals surface area contributed by atoms with Crippen LogP contribution in [0, 0.1) is 13.8 Å². The SMILES string of the molecule is Cc1noc(C)c1-c1cnc(N(C)C)nc1[C@@H]1CCCN(C(=O)c2ccn[nH]2)C1. The molecule has 0 aromatic carbocycles. The number of hydrogen-bond acceptors (Lipinski definition) is 7. The Kier molecular flexibility index (Phi) is 5.04. The summed E-state index contributed by atoms with van der Waals surface area (Å²) in [6.07, 6.45) is 5.30. The average Bonchev–Trinajstić information content (AvgIpc) is 3.37. The van der Waals surface area contributed by atoms with Crippen molar-refractivity contribution in [3.8, 4) is 11.1 Å². The largest absolute Gasteiger partial charge is 0.361 e. The maximum atomic E-state index is 12.8. The Bertz CT molecular complexity index is 991. The van der Waals surface area contributed by atoms with E-state index in [1.807, 2.05) is 43.9 Å². The molecule has 1 atom stereocenters. The van der Waals surface area contributed by atoms with Gasteiger partial charge in [-0.15, -0.1) is 0 Å². The molecular formula is C20H25N7O2. The summed E-state index contributed by atoms with van der Waals surface area (Å²) in [5.74, 6) is 1.45. The number of H-pyrrole nitrogens is 1. The zero-order valence-electron chi connectivity index (χ0n) is 17.1. The van der Waals surface area contributed by atoms with E-state index in [1.54, 1.807) is 12.3 Å². The lowest BCUT2D eigenvalue weighted by atomic mass is 9.89. The number of piperidine rings is 1. The van der Waals surface area contributed by atoms with Gasteiger partial charge in [-0.1, -0.05) is 5.16 Å². The number of nitrogens with zero attached hydrogens (tertiary/aromatic N) is 6. The van der Waals surface area contributed by atoms with Crippen LogP contribution < -0.4 is 4.90 Å². The molecule has 0 spiro atoms. The number of aromatic nitrogens is 5. The normalized spacial score (nSPS) is 16.8. The number of amides is 1. The smallest absolute Gasteiger partial charge is 0.271 e. The van der Waals surface area contributed by atoms with Crippen molar-refractivity contribution in [3.63, 3.8) is 0 Å². The molecule has 1 aliphatic heterocycles. The maximum Gasteiger partial charge on any atom is 0.271 e. The van der Waals surface area contributed by atoms with Gasteiger partial charge >= 0.3 is 0 Å². The third-order valence-corrected chi connectivity index (χ3v) is 5.33. The molecule has 1 saturated heterocycles. The monoisotopic (exact) mass is 395 g/mol. The first-order chi connectivity index (χ1) is 14.0. The van der Waals surface area contributed by atoms with Gasteiger partial charge in [-0.25, -0.2) is 9.97 Å². The van der Waals surface area contributed by atoms with Crippen molar-refractivity contribution in [2.45, 2.75) is 32.6 Å². The van der Waals surface area contributed by atoms with E-state index in [1.165, 1.54) is 0 Å². The van der Waals surface area contributed by atoms with E-state index < -0.39 is 0 Å². The van der Waals surface area contributed by atoms with Gasteiger partial charge in [-0.3, -0.25) is 9.89 Å². The van der Waals surface area contributed by atoms with E-state index in [-0.39, 0.29) is 11.8 Å². The molecule has 0 saturated carbocycles. The lowest BCUT2D eigenvalue weighted by Crippen LogP contribution is -2.39. The number of hydrogen-bond donors (Lipinski definition) is 1. The van der Waals surface area contributed by atoms with Crippen molar-refractivity contribution in [3.05, 3.63) is 41.3 Å². The third kappa shape index (κ3) is 3.59. The second kappa shape index (κ2) is 7.65. The first-order valence-corrected chi connectivity index (χ1v) is 9.72. The molecule has 3 aromatic heterocycles. The van der Waals surface area contributed by atoms with Gasteiger partial charge in [0, 0.05) is 51.1 Å². The second-order valence-electron chi connectivity index (χ2n) is 7.62. The number of nitrogens with one attached hydrogen (secondary N) is 1. The number of carbonyl (C=O) groups excluding carboxylic acids is 1. The summed E-state index contributed by atoms with van der Waals surface area (Å²) in [6.45, 7) is 5.14. The van der Waals surface area contributed by atoms with Crippen molar-refractivity contribution >= 4 is 11.9 Å². The zero-order chi connectivity index (χ0) is 20.5. The Morgan fingerprint density at radius 2 is 2.17 bits per heavy atom. The predicted molar refractivity (Wildman–Crippen MR) is 108 cm³/mol. The van der Waals surface area contributed by atoms with Crippen LogP contribution >= 0.6 is 0 Å². The Hall–Kier alpha value is -3.23. The van der Waals surface area contributed by atoms with Crippen molar-refractivity contribution in [1.82, 2.24) is 30.2 Å². The topological polar surface area (TPSA) is 104 Å². The minimum atomic E-state index is -0.0343. The number of aromatic amines is 1. The van der Waals surface area contributed by atoms with Crippen LogP contribution in [0.15, 0.2) is 23.0 Å². The second-order valence-corrected chi connectivity index (χ2v) is 7.62. The van der Waals surface area contributed by atoms with Crippen LogP contribution in [0.2, 0.25) is 0 Å². The molecule has 0 unspecified atom stereocenters. The minimum absolute atomic E-state index is 0.0343. The van der Waals surface area contributed by atoms with Gasteiger partial charge in [-0.05, 0) is 32.8 Å². The van der Waals surface area contributed by atoms with Crippen molar-refractivity contribution in [2.75, 3.05) is 32.1 Å². The predicted octanol–water partition coefficient (Wildman–Crippen LogP) is 2.56. The summed E-state index contributed by atoms with van der Waals surface area (Å²) in [6, 6.07) is 1.70. The highest BCUT2D eigenvalue weighted by Crippen LogP contribution is 2.36. The fourth-order valence-corrected chi connectivity index (χ4v) is 3.90. The Morgan fingerprint density at radius 1 is 1.34 bits per heavy atom. The van der Waals surface area contributed by atoms with E-state index in [2.05, 4.69) is 20.3 Å². The highest BCUT2D eigenvalue weighted by atomic mass is 16.5. The molecule has 0 aliphatic carbocycles. The van der Waals surface area contributed by atoms with Gasteiger partial charge in [0.05, 0.1) is 17.0 Å². The van der Waals surface area contributed by atoms with Crippen LogP contribution in [-0.2, 0) is 0 Å². The van der Waals surface area contributed by atoms with Gasteiger partial charge in [-0.2, -0.15) is 5.10 Å². The molecule has 4 heterocycles. The van der Waals surface area contributed by atoms with Gasteiger partial charge in [0.25, 0.3) is 5.91 Å². The molecule has 9 nitrogen and oxygen atoms in total. The van der Waals surface area contributed by atoms with Gasteiger partial charge < -0.3 is 14.3 Å². The summed E-state index contributed by atoms with van der Waals surface area (Å²) in [5, 5.41) is 10.8. The molecule has 0 radical (unpaired) electrons. The molecule has 29 heavy (non-hydrogen) atoms. The van der Waals surface area contributed by atoms with Gasteiger partial charge in [0.2, 0.25) is 5.95 Å². The Morgan fingerprint density at radius 3 is 2.83 bits per heavy atom. The molecular weight excluding hydrogens is 370 g/mol. The quantitative estimate of drug-likeness (QED) is 0.724. The molecule has 4 rings (SSSR count). The van der Waals surface area contributed by atoms with E-state index in [9.17, 15) is 4.79 Å². The summed E-state index contributed by atoms with van der Waals surface area (Å²) in [5.41, 5.74) is 4.11. The van der Waals surface area contributed by atoms with E-state index in [0.717, 1.165) is 47.7 Å². The molecule has 1 amide bonds. The summed E-state index contributed by atoms with van der Waals surface area (Å²) < 4.78 is 5.39. The molecule has 1 N–H and O–H groups in total. The number of likely N-dealkylation sites (tertiary alicyclic amines) is 1. The number of rotatable bonds is 4. The molecule has 9 heteroatoms. The lowest BCUT2D eigenvalue weighted by molar-refractivity contribution is 0.0700. The standard InChI is InChI=1S/C20H25N7O2/c1-12-17(13(2)29-25-12)15-10-21-20(26(3)4)23-18(15)14-6-5-9-27(11-14)19(28)16-7-8-22-24-16/h7-8,10,14H,5-6,9,11H2,1-4H3,(H,22,24)/t14-/m1/s1. The molecule has 1 aliphatic rings. The van der Waals surface area contributed by atoms with E-state index in [0.29, 0.717) is 18.2 Å². The summed E-state index contributed by atoms with van der Waals surface area (Å²) in [4.78, 5) is 26.0. The first-order valence-electron chi connectivity index (χ1n) is 9.72. The molecule has 3 aromatic rings. The van der Waals surface area contributed by atoms with Crippen LogP contribution in [-0.4, -0.2) is 63.3 Å². The van der Waals surface area contributed by atoms with Crippen molar-refractivity contribution < 1.29 is 9.32 Å². The fraction of sp³-hybridized carbons (Fsp3) is 0.450. The van der Waals surface area contributed by atoms with Crippen molar-refractivity contribution in [2.24, 2.45) is 0 Å². The minimum Gasteiger partial charge on any atom is -0.361 e. The van der Waals surface area contributed by atoms with Crippen LogP contribution in [0.4, 0.5) is 5.95 Å². The van der Waals surface area contributed by atoms with Crippen LogP contribution in [0.5, 0.6) is 0 Å². The number of carbonyl (C=O) groups is 1. The highest BCUT2D eigenvalue weighted by Gasteiger charge is 2.30. The highest BCUT2D eigenvalue weighted by molar-refractivity contribution is 5.92. The fourth-order valence-electron chi connectivity index (χ4n) is 3.90. The lowest BCUT2D eigenvalue weighted by Gasteiger charge is -2.33. The molecule has 152 valence electrons. The molecule has 0 bridgehead atoms. The molecule has 1 fully saturated rings. The number of anilines is 1. The summed E-state index contributed by atoms with van der Waals surface area (Å²) in [7, 11) is 3.84. The van der Waals surface area contributed by atoms with Crippen LogP contribution in [0.25, 0.3) is 11.1 Å². The van der Waals surface area contributed by atoms with Gasteiger partial charge in [0.15, 0.2) is 0 Å². The zero-order valence-corrected chi connectivity index (χ0v) is 17.1. The van der Waals surface area contributed by atoms with Crippen LogP contribution in [0.1, 0.15) is 46.4 Å². The summed E-state index contributed by atoms with van der Waals surface area (Å²) >= 11 is 0. The number of aryl methyl sites for hydroxylation is 2. The van der Waals surface area contributed by atoms with Gasteiger partial charge in [0.1, 0.15) is 11.5 Å². The van der Waals surface area contributed by atoms with Crippen LogP contribution in [0.3, 0.4) is 0 Å². The third-order valence-electron chi connectivity index (χ3n) is 5.33. The average molecular weight is 395 g/mol.